The number of para-hydroxylation sites is 5. The molecule has 4 aromatic heterocycles. The van der Waals surface area contributed by atoms with Crippen LogP contribution in [0.15, 0.2) is 388 Å². The zero-order valence-electron chi connectivity index (χ0n) is 58.7. The Hall–Kier alpha value is -13.6. The molecule has 1 spiro atoms. The fourth-order valence-corrected chi connectivity index (χ4v) is 31.0. The predicted octanol–water partition coefficient (Wildman–Crippen LogP) is 20.1. The summed E-state index contributed by atoms with van der Waals surface area (Å²) in [6, 6.07) is 148. The summed E-state index contributed by atoms with van der Waals surface area (Å²) in [5.74, 6) is 0. The van der Waals surface area contributed by atoms with Crippen molar-refractivity contribution in [2.45, 2.75) is 0 Å². The zero-order chi connectivity index (χ0) is 70.5. The number of hydrogen-bond donors (Lipinski definition) is 0. The first-order valence-electron chi connectivity index (χ1n) is 37.6. The standard InChI is InChI=1S/C102H64N4Si2/c1-3-23-69(24-4-1)103-89-35-15-7-27-75(89)84-59-65(43-54-93(84)103)66-44-56-95-86(60-66)77-29-9-18-38-92(77)106(95)72-49-53-83-81-33-13-21-41-99(81)108(102(83)64-72)100-42-22-14-34-82(100)88-62-68(46-58-101(88)108)67-45-55-94-85(61-67)76-28-8-17-37-91(76)105(94)71-50-57-96-87(63-71)78-30-10-16-36-90(78)104(96)70-47-51-74(52-48-70)107(73-25-5-2-6-26-73)97-39-19-11-31-79(97)80-32-12-20-40-98(80)107/h1-64H. The molecule has 0 amide bonds. The molecule has 17 aromatic carbocycles. The Labute approximate surface area is 625 Å². The van der Waals surface area contributed by atoms with Gasteiger partial charge in [0.05, 0.1) is 44.1 Å². The molecular weight excluding hydrogens is 1340 g/mol. The van der Waals surface area contributed by atoms with Gasteiger partial charge in [0.1, 0.15) is 0 Å². The van der Waals surface area contributed by atoms with Gasteiger partial charge >= 0.3 is 0 Å². The lowest BCUT2D eigenvalue weighted by molar-refractivity contribution is 1.17. The molecule has 0 saturated heterocycles. The Morgan fingerprint density at radius 2 is 0.444 bits per heavy atom. The maximum atomic E-state index is 2.59. The normalized spacial score (nSPS) is 14.4. The van der Waals surface area contributed by atoms with E-state index in [2.05, 4.69) is 407 Å². The van der Waals surface area contributed by atoms with Gasteiger partial charge in [-0.05, 0) is 218 Å². The van der Waals surface area contributed by atoms with Gasteiger partial charge in [0.25, 0.3) is 0 Å². The van der Waals surface area contributed by atoms with Gasteiger partial charge in [0.2, 0.25) is 0 Å². The summed E-state index contributed by atoms with van der Waals surface area (Å²) in [6.45, 7) is 0. The van der Waals surface area contributed by atoms with E-state index in [-0.39, 0.29) is 0 Å². The second-order valence-electron chi connectivity index (χ2n) is 29.7. The van der Waals surface area contributed by atoms with Crippen LogP contribution in [-0.4, -0.2) is 34.4 Å². The smallest absolute Gasteiger partial charge is 0.182 e. The van der Waals surface area contributed by atoms with Gasteiger partial charge < -0.3 is 18.3 Å². The SMILES string of the molecule is c1ccc(-n2c3ccccc3c3cc(-c4ccc5c(c4)c4ccccc4n5-c4ccc5c(c4)[Si]4(c6ccccc6-c6cc(-c7ccc8c(c7)c7ccccc7n8-c7ccc8c(c7)c7ccccc7n8-c7ccc([Si]8(c9ccccc9)c9ccccc9-c9ccccc98)cc7)ccc64)c4ccccc4-5)ccc32)cc1. The van der Waals surface area contributed by atoms with Gasteiger partial charge in [-0.25, -0.2) is 0 Å². The van der Waals surface area contributed by atoms with Gasteiger partial charge in [0, 0.05) is 65.8 Å². The molecule has 0 aliphatic carbocycles. The van der Waals surface area contributed by atoms with Crippen LogP contribution in [0.3, 0.4) is 0 Å². The first-order chi connectivity index (χ1) is 53.6. The molecule has 24 rings (SSSR count). The molecule has 4 nitrogen and oxygen atoms in total. The highest BCUT2D eigenvalue weighted by Crippen LogP contribution is 2.45. The van der Waals surface area contributed by atoms with Gasteiger partial charge in [-0.15, -0.1) is 0 Å². The first kappa shape index (κ1) is 59.7. The van der Waals surface area contributed by atoms with Gasteiger partial charge in [-0.1, -0.05) is 267 Å². The summed E-state index contributed by atoms with van der Waals surface area (Å²) in [5.41, 5.74) is 27.1. The molecule has 500 valence electrons. The largest absolute Gasteiger partial charge is 0.309 e. The van der Waals surface area contributed by atoms with Gasteiger partial charge in [-0.2, -0.15) is 0 Å². The molecule has 21 aromatic rings. The van der Waals surface area contributed by atoms with Crippen molar-refractivity contribution in [2.24, 2.45) is 0 Å². The molecule has 1 unspecified atom stereocenters. The number of fused-ring (bicyclic) bond motifs is 25. The van der Waals surface area contributed by atoms with E-state index < -0.39 is 16.1 Å². The van der Waals surface area contributed by atoms with E-state index in [1.165, 1.54) is 196 Å². The van der Waals surface area contributed by atoms with E-state index >= 15 is 0 Å². The van der Waals surface area contributed by atoms with Crippen LogP contribution in [0, 0.1) is 0 Å². The number of hydrogen-bond acceptors (Lipinski definition) is 0. The predicted molar refractivity (Wildman–Crippen MR) is 459 cm³/mol. The molecule has 0 N–H and O–H groups in total. The van der Waals surface area contributed by atoms with Crippen molar-refractivity contribution in [1.82, 2.24) is 18.3 Å². The third-order valence-corrected chi connectivity index (χ3v) is 34.5. The fraction of sp³-hybridized carbons (Fsp3) is 0. The number of nitrogens with zero attached hydrogens (tertiary/aromatic N) is 4. The van der Waals surface area contributed by atoms with Crippen molar-refractivity contribution in [1.29, 1.82) is 0 Å². The molecule has 0 radical (unpaired) electrons. The molecule has 3 aliphatic rings. The van der Waals surface area contributed by atoms with Gasteiger partial charge in [-0.3, -0.25) is 0 Å². The monoisotopic (exact) mass is 1400 g/mol. The first-order valence-corrected chi connectivity index (χ1v) is 41.6. The zero-order valence-corrected chi connectivity index (χ0v) is 60.7. The maximum Gasteiger partial charge on any atom is 0.182 e. The van der Waals surface area contributed by atoms with E-state index in [0.29, 0.717) is 0 Å². The lowest BCUT2D eigenvalue weighted by Crippen LogP contribution is -2.72. The Morgan fingerprint density at radius 3 is 0.926 bits per heavy atom. The second kappa shape index (κ2) is 22.5. The summed E-state index contributed by atoms with van der Waals surface area (Å²) in [5, 5.41) is 21.5. The quantitative estimate of drug-likeness (QED) is 0.135. The average molecular weight is 1400 g/mol. The lowest BCUT2D eigenvalue weighted by Gasteiger charge is -2.31. The lowest BCUT2D eigenvalue weighted by atomic mass is 9.98. The summed E-state index contributed by atoms with van der Waals surface area (Å²) >= 11 is 0. The van der Waals surface area contributed by atoms with Gasteiger partial charge in [0.15, 0.2) is 16.1 Å². The van der Waals surface area contributed by atoms with E-state index in [1.54, 1.807) is 0 Å². The highest BCUT2D eigenvalue weighted by Gasteiger charge is 2.54. The maximum absolute atomic E-state index is 2.90. The molecule has 1 atom stereocenters. The van der Waals surface area contributed by atoms with E-state index in [0.717, 1.165) is 11.4 Å². The highest BCUT2D eigenvalue weighted by molar-refractivity contribution is 7.24. The average Bonchev–Trinajstić information content (AvgIpc) is 1.50. The number of benzene rings is 17. The van der Waals surface area contributed by atoms with E-state index in [9.17, 15) is 0 Å². The molecule has 108 heavy (non-hydrogen) atoms. The van der Waals surface area contributed by atoms with E-state index in [4.69, 9.17) is 0 Å². The minimum absolute atomic E-state index is 1.14. The third kappa shape index (κ3) is 8.01. The minimum atomic E-state index is -2.90. The van der Waals surface area contributed by atoms with Crippen LogP contribution < -0.4 is 41.5 Å². The van der Waals surface area contributed by atoms with Crippen LogP contribution >= 0.6 is 0 Å². The van der Waals surface area contributed by atoms with Crippen molar-refractivity contribution in [2.75, 3.05) is 0 Å². The van der Waals surface area contributed by atoms with Crippen LogP contribution in [0.5, 0.6) is 0 Å². The van der Waals surface area contributed by atoms with Crippen LogP contribution in [0.1, 0.15) is 0 Å². The van der Waals surface area contributed by atoms with Crippen LogP contribution in [0.2, 0.25) is 0 Å². The minimum Gasteiger partial charge on any atom is -0.309 e. The topological polar surface area (TPSA) is 19.7 Å². The third-order valence-electron chi connectivity index (χ3n) is 24.7. The summed E-state index contributed by atoms with van der Waals surface area (Å²) in [4.78, 5) is 0. The Balaban J connectivity index is 0.606. The van der Waals surface area contributed by atoms with Crippen LogP contribution in [0.4, 0.5) is 0 Å². The Kier molecular flexibility index (Phi) is 12.4. The van der Waals surface area contributed by atoms with Crippen molar-refractivity contribution in [3.8, 4) is 78.4 Å². The number of rotatable bonds is 8. The van der Waals surface area contributed by atoms with Crippen molar-refractivity contribution in [3.05, 3.63) is 388 Å². The Morgan fingerprint density at radius 1 is 0.148 bits per heavy atom. The van der Waals surface area contributed by atoms with Crippen molar-refractivity contribution >= 4 is 145 Å². The summed E-state index contributed by atoms with van der Waals surface area (Å²) in [6.07, 6.45) is 0. The molecule has 3 aliphatic heterocycles. The van der Waals surface area contributed by atoms with E-state index in [1.807, 2.05) is 0 Å². The molecule has 0 bridgehead atoms. The van der Waals surface area contributed by atoms with Crippen LogP contribution in [-0.2, 0) is 0 Å². The fourth-order valence-electron chi connectivity index (χ4n) is 20.3. The van der Waals surface area contributed by atoms with Crippen molar-refractivity contribution in [3.63, 3.8) is 0 Å². The molecule has 0 saturated carbocycles. The molecular formula is C102H64N4Si2. The molecule has 6 heteroatoms. The Bertz CT molecular complexity index is 7390. The second-order valence-corrected chi connectivity index (χ2v) is 37.1. The molecule has 0 fully saturated rings. The molecule has 7 heterocycles. The summed E-state index contributed by atoms with van der Waals surface area (Å²) in [7, 11) is -5.55. The summed E-state index contributed by atoms with van der Waals surface area (Å²) < 4.78 is 9.89. The highest BCUT2D eigenvalue weighted by atomic mass is 28.3. The van der Waals surface area contributed by atoms with Crippen molar-refractivity contribution < 1.29 is 0 Å². The number of aromatic nitrogens is 4. The van der Waals surface area contributed by atoms with Crippen LogP contribution in [0.25, 0.3) is 166 Å².